The molecule has 3 heterocycles. The van der Waals surface area contributed by atoms with Gasteiger partial charge < -0.3 is 9.97 Å². The molecule has 0 aliphatic heterocycles. The Labute approximate surface area is 236 Å². The predicted octanol–water partition coefficient (Wildman–Crippen LogP) is 2.79. The van der Waals surface area contributed by atoms with Gasteiger partial charge in [0.2, 0.25) is 0 Å². The van der Waals surface area contributed by atoms with Crippen LogP contribution in [0.15, 0.2) is 27.8 Å². The minimum absolute atomic E-state index is 0. The van der Waals surface area contributed by atoms with E-state index in [9.17, 15) is 22.8 Å². The van der Waals surface area contributed by atoms with E-state index in [4.69, 9.17) is 11.6 Å². The molecule has 0 atom stereocenters. The molecule has 4 aromatic rings. The zero-order valence-corrected chi connectivity index (χ0v) is 24.0. The standard InChI is InChI=1S/C24H26ClF3N4O2S.Na/c1-3-5-6-11-31-20-19(29-22(25)30-20)21(33)32(23(31)34)12-7-8-17-15(4-2)16-10-9-14(24(26,27)28)13-18(16)35-17;/h9-10,13H,3-8,11-12H2,1-2H3,(H,29,30,33);/q;+1/p-1. The second-order valence-electron chi connectivity index (χ2n) is 8.43. The summed E-state index contributed by atoms with van der Waals surface area (Å²) in [6.07, 6.45) is -0.0378. The van der Waals surface area contributed by atoms with E-state index in [0.717, 1.165) is 41.2 Å². The number of nitrogens with zero attached hydrogens (tertiary/aromatic N) is 4. The molecule has 0 spiro atoms. The van der Waals surface area contributed by atoms with Crippen LogP contribution in [0.5, 0.6) is 0 Å². The predicted molar refractivity (Wildman–Crippen MR) is 133 cm³/mol. The van der Waals surface area contributed by atoms with Gasteiger partial charge in [0, 0.05) is 39.1 Å². The Morgan fingerprint density at radius 1 is 1.08 bits per heavy atom. The number of aryl methyl sites for hydroxylation is 3. The van der Waals surface area contributed by atoms with Gasteiger partial charge in [-0.05, 0) is 48.8 Å². The molecule has 0 N–H and O–H groups in total. The Balaban J connectivity index is 0.00000361. The normalized spacial score (nSPS) is 11.9. The Morgan fingerprint density at radius 2 is 1.81 bits per heavy atom. The minimum atomic E-state index is -4.39. The van der Waals surface area contributed by atoms with Crippen molar-refractivity contribution in [2.45, 2.75) is 71.6 Å². The van der Waals surface area contributed by atoms with Gasteiger partial charge in [0.15, 0.2) is 0 Å². The fourth-order valence-corrected chi connectivity index (χ4v) is 5.91. The smallest absolute Gasteiger partial charge is 0.420 e. The van der Waals surface area contributed by atoms with Crippen molar-refractivity contribution in [3.05, 3.63) is 60.3 Å². The van der Waals surface area contributed by atoms with Gasteiger partial charge in [-0.2, -0.15) is 13.2 Å². The minimum Gasteiger partial charge on any atom is -0.420 e. The van der Waals surface area contributed by atoms with E-state index in [1.165, 1.54) is 32.6 Å². The summed E-state index contributed by atoms with van der Waals surface area (Å²) >= 11 is 7.27. The Kier molecular flexibility index (Phi) is 9.54. The monoisotopic (exact) mass is 548 g/mol. The Bertz CT molecular complexity index is 1490. The summed E-state index contributed by atoms with van der Waals surface area (Å²) in [5.41, 5.74) is -0.363. The van der Waals surface area contributed by atoms with Crippen LogP contribution in [0, 0.1) is 0 Å². The molecule has 0 unspecified atom stereocenters. The number of alkyl halides is 3. The van der Waals surface area contributed by atoms with Crippen LogP contribution < -0.4 is 45.8 Å². The van der Waals surface area contributed by atoms with Crippen molar-refractivity contribution in [2.75, 3.05) is 0 Å². The number of fused-ring (bicyclic) bond motifs is 2. The molecule has 0 saturated heterocycles. The summed E-state index contributed by atoms with van der Waals surface area (Å²) in [7, 11) is 0. The van der Waals surface area contributed by atoms with Gasteiger partial charge in [-0.15, -0.1) is 11.3 Å². The number of hydrogen-bond donors (Lipinski definition) is 0. The topological polar surface area (TPSA) is 71.0 Å². The number of aromatic nitrogens is 4. The molecular weight excluding hydrogens is 524 g/mol. The van der Waals surface area contributed by atoms with Crippen LogP contribution in [0.4, 0.5) is 13.2 Å². The largest absolute Gasteiger partial charge is 1.00 e. The van der Waals surface area contributed by atoms with Crippen LogP contribution in [0.3, 0.4) is 0 Å². The Morgan fingerprint density at radius 3 is 2.47 bits per heavy atom. The number of unbranched alkanes of at least 4 members (excludes halogenated alkanes) is 2. The van der Waals surface area contributed by atoms with E-state index < -0.39 is 23.0 Å². The first-order valence-electron chi connectivity index (χ1n) is 11.6. The summed E-state index contributed by atoms with van der Waals surface area (Å²) in [5.74, 6) is 0. The molecule has 0 aliphatic carbocycles. The average Bonchev–Trinajstić information content (AvgIpc) is 3.37. The maximum Gasteiger partial charge on any atom is 1.00 e. The van der Waals surface area contributed by atoms with Crippen LogP contribution in [0.1, 0.15) is 55.5 Å². The number of benzene rings is 1. The van der Waals surface area contributed by atoms with Crippen LogP contribution in [-0.4, -0.2) is 14.1 Å². The van der Waals surface area contributed by atoms with Crippen molar-refractivity contribution in [1.29, 1.82) is 0 Å². The molecular formula is C24H25ClF3N4NaO2S. The van der Waals surface area contributed by atoms with Crippen LogP contribution >= 0.6 is 22.9 Å². The van der Waals surface area contributed by atoms with E-state index >= 15 is 0 Å². The molecule has 6 nitrogen and oxygen atoms in total. The molecule has 3 aromatic heterocycles. The number of thiophene rings is 1. The Hall–Kier alpha value is -1.59. The van der Waals surface area contributed by atoms with Crippen molar-refractivity contribution in [1.82, 2.24) is 19.1 Å². The van der Waals surface area contributed by atoms with Crippen molar-refractivity contribution in [3.63, 3.8) is 0 Å². The third kappa shape index (κ3) is 5.78. The zero-order chi connectivity index (χ0) is 25.3. The first-order chi connectivity index (χ1) is 16.7. The van der Waals surface area contributed by atoms with Crippen LogP contribution in [0.25, 0.3) is 21.3 Å². The van der Waals surface area contributed by atoms with Crippen molar-refractivity contribution in [3.8, 4) is 0 Å². The first-order valence-corrected chi connectivity index (χ1v) is 12.8. The van der Waals surface area contributed by atoms with Gasteiger partial charge in [-0.1, -0.05) is 44.4 Å². The van der Waals surface area contributed by atoms with E-state index in [1.807, 2.05) is 6.92 Å². The molecule has 1 aromatic carbocycles. The molecule has 36 heavy (non-hydrogen) atoms. The maximum absolute atomic E-state index is 13.2. The van der Waals surface area contributed by atoms with Crippen molar-refractivity contribution >= 4 is 44.2 Å². The zero-order valence-electron chi connectivity index (χ0n) is 20.4. The third-order valence-electron chi connectivity index (χ3n) is 6.11. The van der Waals surface area contributed by atoms with Gasteiger partial charge in [-0.3, -0.25) is 13.9 Å². The van der Waals surface area contributed by atoms with Gasteiger partial charge in [0.05, 0.1) is 5.56 Å². The molecule has 0 radical (unpaired) electrons. The molecule has 4 rings (SSSR count). The average molecular weight is 549 g/mol. The molecule has 0 fully saturated rings. The molecule has 188 valence electrons. The SMILES string of the molecule is CCCCCn1c(=O)n(CCCc2sc3cc(C(F)(F)F)ccc3c2CC)c(=O)c2[n-]c(Cl)nc21.[Na+]. The first kappa shape index (κ1) is 29.0. The van der Waals surface area contributed by atoms with Crippen molar-refractivity contribution < 1.29 is 42.7 Å². The fourth-order valence-electron chi connectivity index (χ4n) is 4.37. The van der Waals surface area contributed by atoms with Crippen LogP contribution in [0.2, 0.25) is 5.28 Å². The van der Waals surface area contributed by atoms with E-state index in [0.29, 0.717) is 30.5 Å². The van der Waals surface area contributed by atoms with Crippen LogP contribution in [-0.2, 0) is 32.1 Å². The number of rotatable bonds is 9. The van der Waals surface area contributed by atoms with Crippen molar-refractivity contribution in [2.24, 2.45) is 0 Å². The summed E-state index contributed by atoms with van der Waals surface area (Å²) in [6, 6.07) is 3.83. The van der Waals surface area contributed by atoms with Gasteiger partial charge in [0.1, 0.15) is 0 Å². The fraction of sp³-hybridized carbons (Fsp3) is 0.458. The number of imidazole rings is 1. The van der Waals surface area contributed by atoms with E-state index in [-0.39, 0.29) is 52.5 Å². The quantitative estimate of drug-likeness (QED) is 0.183. The summed E-state index contributed by atoms with van der Waals surface area (Å²) in [4.78, 5) is 35.2. The summed E-state index contributed by atoms with van der Waals surface area (Å²) in [6.45, 7) is 4.60. The molecule has 12 heteroatoms. The van der Waals surface area contributed by atoms with E-state index in [2.05, 4.69) is 16.9 Å². The van der Waals surface area contributed by atoms with E-state index in [1.54, 1.807) is 0 Å². The molecule has 0 bridgehead atoms. The number of hydrogen-bond acceptors (Lipinski definition) is 4. The van der Waals surface area contributed by atoms with Gasteiger partial charge >= 0.3 is 41.4 Å². The second kappa shape index (κ2) is 11.9. The number of halogens is 4. The summed E-state index contributed by atoms with van der Waals surface area (Å²) < 4.78 is 42.6. The van der Waals surface area contributed by atoms with Gasteiger partial charge in [0.25, 0.3) is 5.56 Å². The third-order valence-corrected chi connectivity index (χ3v) is 7.53. The van der Waals surface area contributed by atoms with Gasteiger partial charge in [-0.25, -0.2) is 4.79 Å². The molecule has 0 amide bonds. The maximum atomic E-state index is 13.2. The second-order valence-corrected chi connectivity index (χ2v) is 9.91. The summed E-state index contributed by atoms with van der Waals surface area (Å²) in [5, 5.41) is 0.744. The molecule has 0 saturated carbocycles. The molecule has 0 aliphatic rings.